The van der Waals surface area contributed by atoms with Crippen molar-refractivity contribution in [1.82, 2.24) is 0 Å². The monoisotopic (exact) mass is 225 g/mol. The van der Waals surface area contributed by atoms with Gasteiger partial charge in [-0.15, -0.1) is 0 Å². The number of halogens is 2. The lowest BCUT2D eigenvalue weighted by atomic mass is 9.81. The van der Waals surface area contributed by atoms with Crippen LogP contribution in [0.25, 0.3) is 0 Å². The molecule has 0 unspecified atom stereocenters. The molecule has 0 aliphatic carbocycles. The molecule has 0 radical (unpaired) electrons. The van der Waals surface area contributed by atoms with Gasteiger partial charge in [-0.1, -0.05) is 17.7 Å². The Labute approximate surface area is 92.2 Å². The molecule has 2 rings (SSSR count). The summed E-state index contributed by atoms with van der Waals surface area (Å²) in [6.07, 6.45) is 0.559. The van der Waals surface area contributed by atoms with Crippen LogP contribution < -0.4 is 0 Å². The van der Waals surface area contributed by atoms with Crippen LogP contribution in [0.3, 0.4) is 0 Å². The van der Waals surface area contributed by atoms with Crippen LogP contribution in [0.5, 0.6) is 0 Å². The number of nitriles is 1. The van der Waals surface area contributed by atoms with Crippen LogP contribution in [0.1, 0.15) is 5.56 Å². The highest BCUT2D eigenvalue weighted by atomic mass is 35.5. The molecule has 0 aromatic heterocycles. The van der Waals surface area contributed by atoms with E-state index in [2.05, 4.69) is 6.07 Å². The van der Waals surface area contributed by atoms with E-state index in [1.165, 1.54) is 6.07 Å². The third-order valence-corrected chi connectivity index (χ3v) is 2.81. The second-order valence-electron chi connectivity index (χ2n) is 3.81. The van der Waals surface area contributed by atoms with Crippen molar-refractivity contribution < 1.29 is 9.13 Å². The molecule has 0 spiro atoms. The molecule has 1 saturated heterocycles. The van der Waals surface area contributed by atoms with Crippen molar-refractivity contribution in [3.63, 3.8) is 0 Å². The number of ether oxygens (including phenoxy) is 1. The van der Waals surface area contributed by atoms with Crippen LogP contribution in [0.4, 0.5) is 4.39 Å². The van der Waals surface area contributed by atoms with Gasteiger partial charge in [0.2, 0.25) is 0 Å². The van der Waals surface area contributed by atoms with E-state index < -0.39 is 11.2 Å². The van der Waals surface area contributed by atoms with Crippen molar-refractivity contribution in [2.45, 2.75) is 6.42 Å². The van der Waals surface area contributed by atoms with Gasteiger partial charge in [-0.25, -0.2) is 4.39 Å². The summed E-state index contributed by atoms with van der Waals surface area (Å²) in [5, 5.41) is 9.08. The molecule has 2 nitrogen and oxygen atoms in total. The Balaban J connectivity index is 2.18. The quantitative estimate of drug-likeness (QED) is 0.775. The Morgan fingerprint density at radius 3 is 2.73 bits per heavy atom. The maximum atomic E-state index is 12.9. The number of hydrogen-bond acceptors (Lipinski definition) is 2. The molecule has 0 N–H and O–H groups in total. The summed E-state index contributed by atoms with van der Waals surface area (Å²) >= 11 is 5.66. The van der Waals surface area contributed by atoms with Crippen LogP contribution in [0, 0.1) is 22.6 Å². The highest BCUT2D eigenvalue weighted by molar-refractivity contribution is 6.30. The normalized spacial score (nSPS) is 17.9. The first-order valence-corrected chi connectivity index (χ1v) is 4.96. The van der Waals surface area contributed by atoms with Gasteiger partial charge in [0.15, 0.2) is 0 Å². The summed E-state index contributed by atoms with van der Waals surface area (Å²) in [6.45, 7) is 0.886. The highest BCUT2D eigenvalue weighted by Crippen LogP contribution is 2.31. The Morgan fingerprint density at radius 2 is 2.27 bits per heavy atom. The van der Waals surface area contributed by atoms with Crippen LogP contribution in [-0.2, 0) is 11.2 Å². The largest absolute Gasteiger partial charge is 0.378 e. The van der Waals surface area contributed by atoms with Crippen molar-refractivity contribution in [3.05, 3.63) is 34.6 Å². The van der Waals surface area contributed by atoms with Gasteiger partial charge in [-0.3, -0.25) is 0 Å². The van der Waals surface area contributed by atoms with Crippen molar-refractivity contribution in [1.29, 1.82) is 5.26 Å². The zero-order valence-corrected chi connectivity index (χ0v) is 8.72. The van der Waals surface area contributed by atoms with Crippen molar-refractivity contribution in [3.8, 4) is 6.07 Å². The molecular weight excluding hydrogens is 217 g/mol. The lowest BCUT2D eigenvalue weighted by molar-refractivity contribution is -0.0765. The number of benzene rings is 1. The fraction of sp³-hybridized carbons (Fsp3) is 0.364. The Morgan fingerprint density at radius 1 is 1.53 bits per heavy atom. The number of hydrogen-bond donors (Lipinski definition) is 0. The molecular formula is C11H9ClFNO. The van der Waals surface area contributed by atoms with E-state index in [1.807, 2.05) is 0 Å². The van der Waals surface area contributed by atoms with Crippen LogP contribution >= 0.6 is 11.6 Å². The van der Waals surface area contributed by atoms with Gasteiger partial charge in [0.1, 0.15) is 11.2 Å². The van der Waals surface area contributed by atoms with Gasteiger partial charge < -0.3 is 4.74 Å². The first kappa shape index (κ1) is 10.4. The van der Waals surface area contributed by atoms with E-state index in [9.17, 15) is 4.39 Å². The standard InChI is InChI=1S/C11H9ClFNO/c12-9-3-8(1-2-10(9)13)4-11(5-14)6-15-7-11/h1-3H,4,6-7H2. The van der Waals surface area contributed by atoms with E-state index >= 15 is 0 Å². The highest BCUT2D eigenvalue weighted by Gasteiger charge is 2.38. The first-order valence-electron chi connectivity index (χ1n) is 4.58. The minimum Gasteiger partial charge on any atom is -0.378 e. The van der Waals surface area contributed by atoms with Gasteiger partial charge in [0.25, 0.3) is 0 Å². The second kappa shape index (κ2) is 3.80. The Kier molecular flexibility index (Phi) is 2.64. The van der Waals surface area contributed by atoms with Crippen molar-refractivity contribution in [2.75, 3.05) is 13.2 Å². The lowest BCUT2D eigenvalue weighted by Crippen LogP contribution is -2.43. The predicted molar refractivity (Wildman–Crippen MR) is 54.0 cm³/mol. The van der Waals surface area contributed by atoms with Gasteiger partial charge in [0, 0.05) is 0 Å². The summed E-state index contributed by atoms with van der Waals surface area (Å²) < 4.78 is 17.9. The van der Waals surface area contributed by atoms with Crippen LogP contribution in [0.2, 0.25) is 5.02 Å². The van der Waals surface area contributed by atoms with Gasteiger partial charge >= 0.3 is 0 Å². The van der Waals surface area contributed by atoms with Crippen LogP contribution in [0.15, 0.2) is 18.2 Å². The summed E-state index contributed by atoms with van der Waals surface area (Å²) in [5.41, 5.74) is 0.424. The Bertz CT molecular complexity index is 423. The third-order valence-electron chi connectivity index (χ3n) is 2.52. The lowest BCUT2D eigenvalue weighted by Gasteiger charge is -2.35. The molecule has 1 aliphatic heterocycles. The smallest absolute Gasteiger partial charge is 0.141 e. The molecule has 0 atom stereocenters. The fourth-order valence-electron chi connectivity index (χ4n) is 1.59. The molecule has 15 heavy (non-hydrogen) atoms. The molecule has 1 fully saturated rings. The van der Waals surface area contributed by atoms with Crippen LogP contribution in [-0.4, -0.2) is 13.2 Å². The minimum atomic E-state index is -0.443. The van der Waals surface area contributed by atoms with E-state index in [4.69, 9.17) is 21.6 Å². The predicted octanol–water partition coefficient (Wildman–Crippen LogP) is 2.56. The van der Waals surface area contributed by atoms with Gasteiger partial charge in [-0.05, 0) is 24.1 Å². The average molecular weight is 226 g/mol. The summed E-state index contributed by atoms with van der Waals surface area (Å²) in [6, 6.07) is 6.77. The van der Waals surface area contributed by atoms with E-state index in [-0.39, 0.29) is 5.02 Å². The molecule has 0 saturated carbocycles. The number of nitrogens with zero attached hydrogens (tertiary/aromatic N) is 1. The summed E-state index contributed by atoms with van der Waals surface area (Å²) in [7, 11) is 0. The molecule has 1 heterocycles. The average Bonchev–Trinajstić information content (AvgIpc) is 2.17. The summed E-state index contributed by atoms with van der Waals surface area (Å²) in [5.74, 6) is -0.434. The number of rotatable bonds is 2. The molecule has 4 heteroatoms. The van der Waals surface area contributed by atoms with Gasteiger partial charge in [-0.2, -0.15) is 5.26 Å². The molecule has 1 aromatic carbocycles. The minimum absolute atomic E-state index is 0.0980. The molecule has 78 valence electrons. The second-order valence-corrected chi connectivity index (χ2v) is 4.22. The fourth-order valence-corrected chi connectivity index (χ4v) is 1.80. The summed E-state index contributed by atoms with van der Waals surface area (Å²) in [4.78, 5) is 0. The third kappa shape index (κ3) is 1.97. The maximum absolute atomic E-state index is 12.9. The zero-order chi connectivity index (χ0) is 10.9. The van der Waals surface area contributed by atoms with E-state index in [0.29, 0.717) is 19.6 Å². The van der Waals surface area contributed by atoms with E-state index in [0.717, 1.165) is 5.56 Å². The zero-order valence-electron chi connectivity index (χ0n) is 7.96. The molecule has 1 aromatic rings. The Hall–Kier alpha value is -1.11. The topological polar surface area (TPSA) is 33.0 Å². The van der Waals surface area contributed by atoms with Crippen molar-refractivity contribution >= 4 is 11.6 Å². The van der Waals surface area contributed by atoms with Gasteiger partial charge in [0.05, 0.1) is 24.3 Å². The van der Waals surface area contributed by atoms with Crippen molar-refractivity contribution in [2.24, 2.45) is 5.41 Å². The maximum Gasteiger partial charge on any atom is 0.141 e. The SMILES string of the molecule is N#CC1(Cc2ccc(F)c(Cl)c2)COC1. The molecule has 0 bridgehead atoms. The first-order chi connectivity index (χ1) is 7.15. The molecule has 0 amide bonds. The van der Waals surface area contributed by atoms with E-state index in [1.54, 1.807) is 12.1 Å². The molecule has 1 aliphatic rings.